The fraction of sp³-hybridized carbons (Fsp3) is 0.200. The summed E-state index contributed by atoms with van der Waals surface area (Å²) in [6.45, 7) is 0. The molecule has 0 aliphatic rings. The molecule has 0 spiro atoms. The molecule has 0 amide bonds. The van der Waals surface area contributed by atoms with Gasteiger partial charge < -0.3 is 23.9 Å². The van der Waals surface area contributed by atoms with Gasteiger partial charge in [-0.15, -0.1) is 13.2 Å². The number of ether oxygens (including phenoxy) is 4. The van der Waals surface area contributed by atoms with Crippen molar-refractivity contribution in [1.82, 2.24) is 4.98 Å². The lowest BCUT2D eigenvalue weighted by Crippen LogP contribution is -2.16. The van der Waals surface area contributed by atoms with E-state index in [4.69, 9.17) is 14.2 Å². The van der Waals surface area contributed by atoms with Gasteiger partial charge in [0, 0.05) is 23.5 Å². The Morgan fingerprint density at radius 3 is 1.75 bits per heavy atom. The first-order valence-electron chi connectivity index (χ1n) is 8.19. The van der Waals surface area contributed by atoms with Gasteiger partial charge in [0.25, 0.3) is 0 Å². The highest BCUT2D eigenvalue weighted by Crippen LogP contribution is 2.43. The molecule has 0 fully saturated rings. The molecule has 5 nitrogen and oxygen atoms in total. The normalized spacial score (nSPS) is 11.2. The van der Waals surface area contributed by atoms with E-state index in [9.17, 15) is 13.2 Å². The molecule has 0 atom stereocenters. The van der Waals surface area contributed by atoms with Gasteiger partial charge in [-0.2, -0.15) is 0 Å². The second-order valence-electron chi connectivity index (χ2n) is 5.77. The molecule has 0 bridgehead atoms. The van der Waals surface area contributed by atoms with Crippen LogP contribution in [0.15, 0.2) is 48.8 Å². The minimum atomic E-state index is -4.73. The number of rotatable bonds is 6. The van der Waals surface area contributed by atoms with Crippen LogP contribution in [0.25, 0.3) is 22.3 Å². The van der Waals surface area contributed by atoms with Crippen LogP contribution >= 0.6 is 0 Å². The zero-order chi connectivity index (χ0) is 20.3. The molecule has 0 saturated carbocycles. The van der Waals surface area contributed by atoms with Crippen molar-refractivity contribution >= 4 is 0 Å². The van der Waals surface area contributed by atoms with Gasteiger partial charge in [-0.25, -0.2) is 0 Å². The number of hydrogen-bond acceptors (Lipinski definition) is 4. The maximum absolute atomic E-state index is 12.3. The Morgan fingerprint density at radius 1 is 0.750 bits per heavy atom. The first-order chi connectivity index (χ1) is 13.4. The Hall–Kier alpha value is -3.29. The van der Waals surface area contributed by atoms with Gasteiger partial charge >= 0.3 is 6.36 Å². The van der Waals surface area contributed by atoms with E-state index in [1.807, 2.05) is 0 Å². The van der Waals surface area contributed by atoms with Crippen molar-refractivity contribution in [3.63, 3.8) is 0 Å². The van der Waals surface area contributed by atoms with E-state index in [1.165, 1.54) is 33.5 Å². The third-order valence-electron chi connectivity index (χ3n) is 4.12. The summed E-state index contributed by atoms with van der Waals surface area (Å²) in [4.78, 5) is 3.03. The molecule has 1 aromatic heterocycles. The number of hydrogen-bond donors (Lipinski definition) is 1. The summed E-state index contributed by atoms with van der Waals surface area (Å²) in [5.74, 6) is 1.19. The average molecular weight is 393 g/mol. The predicted molar refractivity (Wildman–Crippen MR) is 98.0 cm³/mol. The molecular weight excluding hydrogens is 375 g/mol. The predicted octanol–water partition coefficient (Wildman–Crippen LogP) is 5.27. The Kier molecular flexibility index (Phi) is 5.39. The Bertz CT molecular complexity index is 924. The summed E-state index contributed by atoms with van der Waals surface area (Å²) < 4.78 is 57.1. The first kappa shape index (κ1) is 19.5. The van der Waals surface area contributed by atoms with Gasteiger partial charge in [0.05, 0.1) is 21.3 Å². The second-order valence-corrected chi connectivity index (χ2v) is 5.77. The van der Waals surface area contributed by atoms with Crippen molar-refractivity contribution in [2.75, 3.05) is 21.3 Å². The van der Waals surface area contributed by atoms with Crippen molar-refractivity contribution in [1.29, 1.82) is 0 Å². The van der Waals surface area contributed by atoms with E-state index in [0.717, 1.165) is 22.3 Å². The van der Waals surface area contributed by atoms with Crippen LogP contribution in [-0.4, -0.2) is 32.7 Å². The quantitative estimate of drug-likeness (QED) is 0.620. The largest absolute Gasteiger partial charge is 0.573 e. The van der Waals surface area contributed by atoms with Crippen LogP contribution in [0.5, 0.6) is 23.0 Å². The van der Waals surface area contributed by atoms with Crippen LogP contribution in [0, 0.1) is 0 Å². The lowest BCUT2D eigenvalue weighted by molar-refractivity contribution is -0.274. The fourth-order valence-corrected chi connectivity index (χ4v) is 2.91. The summed E-state index contributed by atoms with van der Waals surface area (Å²) in [5, 5.41) is 0. The van der Waals surface area contributed by atoms with Gasteiger partial charge in [0.2, 0.25) is 5.75 Å². The number of nitrogens with one attached hydrogen (secondary N) is 1. The molecule has 1 heterocycles. The van der Waals surface area contributed by atoms with Crippen LogP contribution in [0.2, 0.25) is 0 Å². The molecule has 28 heavy (non-hydrogen) atoms. The fourth-order valence-electron chi connectivity index (χ4n) is 2.91. The van der Waals surface area contributed by atoms with Crippen LogP contribution in [-0.2, 0) is 0 Å². The van der Waals surface area contributed by atoms with Gasteiger partial charge in [-0.3, -0.25) is 0 Å². The number of aromatic nitrogens is 1. The summed E-state index contributed by atoms with van der Waals surface area (Å²) in [7, 11) is 4.57. The summed E-state index contributed by atoms with van der Waals surface area (Å²) >= 11 is 0. The zero-order valence-corrected chi connectivity index (χ0v) is 15.4. The molecule has 8 heteroatoms. The smallest absolute Gasteiger partial charge is 0.493 e. The van der Waals surface area contributed by atoms with Crippen LogP contribution in [0.1, 0.15) is 0 Å². The average Bonchev–Trinajstić information content (AvgIpc) is 3.15. The molecule has 148 valence electrons. The SMILES string of the molecule is COc1cc(-c2c[nH]cc2-c2ccc(OC(F)(F)F)cc2)cc(OC)c1OC. The molecule has 0 unspecified atom stereocenters. The highest BCUT2D eigenvalue weighted by Gasteiger charge is 2.31. The molecule has 2 aromatic carbocycles. The molecule has 3 aromatic rings. The molecule has 0 saturated heterocycles. The first-order valence-corrected chi connectivity index (χ1v) is 8.19. The van der Waals surface area contributed by atoms with E-state index in [1.54, 1.807) is 36.7 Å². The standard InChI is InChI=1S/C20H18F3NO4/c1-25-17-8-13(9-18(26-2)19(17)27-3)16-11-24-10-15(16)12-4-6-14(7-5-12)28-20(21,22)23/h4-11,24H,1-3H3. The Morgan fingerprint density at radius 2 is 1.29 bits per heavy atom. The molecule has 0 aliphatic carbocycles. The van der Waals surface area contributed by atoms with E-state index in [2.05, 4.69) is 9.72 Å². The molecular formula is C20H18F3NO4. The topological polar surface area (TPSA) is 52.7 Å². The van der Waals surface area contributed by atoms with Crippen molar-refractivity contribution in [3.8, 4) is 45.3 Å². The third-order valence-corrected chi connectivity index (χ3v) is 4.12. The molecule has 0 aliphatic heterocycles. The number of alkyl halides is 3. The van der Waals surface area contributed by atoms with Crippen molar-refractivity contribution in [2.45, 2.75) is 6.36 Å². The number of halogens is 3. The van der Waals surface area contributed by atoms with Gasteiger partial charge in [-0.05, 0) is 35.4 Å². The maximum atomic E-state index is 12.3. The minimum Gasteiger partial charge on any atom is -0.493 e. The summed E-state index contributed by atoms with van der Waals surface area (Å²) in [6, 6.07) is 9.27. The van der Waals surface area contributed by atoms with Crippen molar-refractivity contribution in [2.24, 2.45) is 0 Å². The highest BCUT2D eigenvalue weighted by atomic mass is 19.4. The molecule has 3 rings (SSSR count). The van der Waals surface area contributed by atoms with Crippen molar-refractivity contribution in [3.05, 3.63) is 48.8 Å². The Labute approximate surface area is 159 Å². The van der Waals surface area contributed by atoms with Crippen LogP contribution in [0.3, 0.4) is 0 Å². The number of H-pyrrole nitrogens is 1. The lowest BCUT2D eigenvalue weighted by Gasteiger charge is -2.14. The van der Waals surface area contributed by atoms with Crippen LogP contribution in [0.4, 0.5) is 13.2 Å². The maximum Gasteiger partial charge on any atom is 0.573 e. The summed E-state index contributed by atoms with van der Waals surface area (Å²) in [6.07, 6.45) is -1.18. The minimum absolute atomic E-state index is 0.277. The molecule has 1 N–H and O–H groups in total. The van der Waals surface area contributed by atoms with Crippen molar-refractivity contribution < 1.29 is 32.1 Å². The third kappa shape index (κ3) is 4.00. The zero-order valence-electron chi connectivity index (χ0n) is 15.4. The van der Waals surface area contributed by atoms with E-state index in [0.29, 0.717) is 17.2 Å². The van der Waals surface area contributed by atoms with Gasteiger partial charge in [0.15, 0.2) is 11.5 Å². The van der Waals surface area contributed by atoms with Crippen LogP contribution < -0.4 is 18.9 Å². The number of methoxy groups -OCH3 is 3. The highest BCUT2D eigenvalue weighted by molar-refractivity contribution is 5.85. The number of benzene rings is 2. The second kappa shape index (κ2) is 7.75. The van der Waals surface area contributed by atoms with Gasteiger partial charge in [0.1, 0.15) is 5.75 Å². The van der Waals surface area contributed by atoms with E-state index in [-0.39, 0.29) is 5.75 Å². The lowest BCUT2D eigenvalue weighted by atomic mass is 9.98. The number of aromatic amines is 1. The monoisotopic (exact) mass is 393 g/mol. The van der Waals surface area contributed by atoms with E-state index >= 15 is 0 Å². The van der Waals surface area contributed by atoms with E-state index < -0.39 is 6.36 Å². The Balaban J connectivity index is 2.01. The summed E-state index contributed by atoms with van der Waals surface area (Å²) in [5.41, 5.74) is 3.14. The van der Waals surface area contributed by atoms with Gasteiger partial charge in [-0.1, -0.05) is 12.1 Å². The molecule has 0 radical (unpaired) electrons.